The summed E-state index contributed by atoms with van der Waals surface area (Å²) in [6, 6.07) is 26.3. The van der Waals surface area contributed by atoms with E-state index >= 15 is 0 Å². The van der Waals surface area contributed by atoms with E-state index in [2.05, 4.69) is 10.2 Å². The number of amides is 1. The fourth-order valence-electron chi connectivity index (χ4n) is 4.87. The van der Waals surface area contributed by atoms with E-state index in [0.717, 1.165) is 28.0 Å². The van der Waals surface area contributed by atoms with E-state index in [1.165, 1.54) is 40.9 Å². The summed E-state index contributed by atoms with van der Waals surface area (Å²) < 4.78 is 20.4. The lowest BCUT2D eigenvalue weighted by molar-refractivity contribution is -0.132. The van der Waals surface area contributed by atoms with Crippen LogP contribution in [0.1, 0.15) is 33.9 Å². The van der Waals surface area contributed by atoms with Crippen molar-refractivity contribution >= 4 is 57.3 Å². The van der Waals surface area contributed by atoms with Crippen LogP contribution in [0.15, 0.2) is 107 Å². The predicted molar refractivity (Wildman–Crippen MR) is 174 cm³/mol. The number of hydrogen-bond donors (Lipinski definition) is 1. The lowest BCUT2D eigenvalue weighted by Crippen LogP contribution is -2.29. The lowest BCUT2D eigenvalue weighted by Gasteiger charge is -2.22. The van der Waals surface area contributed by atoms with Gasteiger partial charge in [0.25, 0.3) is 5.78 Å². The van der Waals surface area contributed by atoms with Crippen LogP contribution in [0.5, 0.6) is 5.75 Å². The zero-order chi connectivity index (χ0) is 31.5. The van der Waals surface area contributed by atoms with E-state index in [-0.39, 0.29) is 16.5 Å². The number of rotatable bonds is 9. The molecule has 0 saturated carbocycles. The summed E-state index contributed by atoms with van der Waals surface area (Å²) in [5.74, 6) is -1.42. The van der Waals surface area contributed by atoms with Crippen molar-refractivity contribution in [1.29, 1.82) is 0 Å². The van der Waals surface area contributed by atoms with Gasteiger partial charge in [-0.2, -0.15) is 0 Å². The molecule has 1 aliphatic heterocycles. The number of ketones is 1. The predicted octanol–water partition coefficient (Wildman–Crippen LogP) is 8.14. The first-order valence-electron chi connectivity index (χ1n) is 13.8. The number of ether oxygens (including phenoxy) is 1. The molecule has 1 saturated heterocycles. The van der Waals surface area contributed by atoms with E-state index in [4.69, 9.17) is 16.3 Å². The number of carbonyl (C=O) groups excluding carboxylic acids is 2. The maximum atomic E-state index is 13.9. The number of thioether (sulfide) groups is 1. The van der Waals surface area contributed by atoms with Crippen molar-refractivity contribution < 1.29 is 23.8 Å². The maximum absolute atomic E-state index is 13.9. The number of benzene rings is 4. The fraction of sp³-hybridized carbons (Fsp3) is 0.118. The van der Waals surface area contributed by atoms with Gasteiger partial charge in [0.2, 0.25) is 5.13 Å². The maximum Gasteiger partial charge on any atom is 0.301 e. The number of aryl methyl sites for hydroxylation is 1. The average molecular weight is 658 g/mol. The number of aromatic nitrogens is 2. The summed E-state index contributed by atoms with van der Waals surface area (Å²) in [6.07, 6.45) is 0. The average Bonchev–Trinajstić information content (AvgIpc) is 3.62. The molecule has 1 atom stereocenters. The molecule has 7 nitrogen and oxygen atoms in total. The highest BCUT2D eigenvalue weighted by atomic mass is 35.5. The van der Waals surface area contributed by atoms with Gasteiger partial charge in [-0.3, -0.25) is 14.5 Å². The molecule has 45 heavy (non-hydrogen) atoms. The first kappa shape index (κ1) is 30.5. The second-order valence-corrected chi connectivity index (χ2v) is 12.8. The number of nitrogens with zero attached hydrogens (tertiary/aromatic N) is 3. The monoisotopic (exact) mass is 657 g/mol. The highest BCUT2D eigenvalue weighted by Crippen LogP contribution is 2.44. The molecular formula is C34H25ClFN3O4S2. The van der Waals surface area contributed by atoms with Gasteiger partial charge in [0.15, 0.2) is 4.34 Å². The SMILES string of the molecule is Cc1ccccc1COc1ccc(C(O)=C2C(=O)C(=O)N(c3nnc(SCc4ccc(Cl)cc4)s3)C2c2ccc(F)cc2)cc1. The van der Waals surface area contributed by atoms with Gasteiger partial charge in [0, 0.05) is 16.3 Å². The standard InChI is InChI=1S/C34H25ClFN3O4S2/c1-20-4-2-3-5-24(20)18-43-27-16-10-23(11-17-27)30(40)28-29(22-8-14-26(36)15-9-22)39(32(42)31(28)41)33-37-38-34(45-33)44-19-21-6-12-25(35)13-7-21/h2-17,29,40H,18-19H2,1H3. The Kier molecular flexibility index (Phi) is 8.97. The van der Waals surface area contributed by atoms with E-state index in [9.17, 15) is 19.1 Å². The van der Waals surface area contributed by atoms with Gasteiger partial charge in [-0.15, -0.1) is 10.2 Å². The van der Waals surface area contributed by atoms with Crippen LogP contribution < -0.4 is 9.64 Å². The lowest BCUT2D eigenvalue weighted by atomic mass is 9.95. The summed E-state index contributed by atoms with van der Waals surface area (Å²) in [5.41, 5.74) is 3.80. The zero-order valence-corrected chi connectivity index (χ0v) is 26.2. The van der Waals surface area contributed by atoms with Gasteiger partial charge in [-0.05, 0) is 77.7 Å². The fourth-order valence-corrected chi connectivity index (χ4v) is 6.82. The summed E-state index contributed by atoms with van der Waals surface area (Å²) >= 11 is 8.55. The largest absolute Gasteiger partial charge is 0.507 e. The highest BCUT2D eigenvalue weighted by Gasteiger charge is 2.48. The van der Waals surface area contributed by atoms with Crippen LogP contribution in [0.3, 0.4) is 0 Å². The molecule has 6 rings (SSSR count). The number of Topliss-reactive ketones (excluding diaryl/α,β-unsaturated/α-hetero) is 1. The molecule has 1 aliphatic rings. The Morgan fingerprint density at radius 2 is 1.69 bits per heavy atom. The third kappa shape index (κ3) is 6.63. The second-order valence-electron chi connectivity index (χ2n) is 10.2. The molecule has 0 radical (unpaired) electrons. The molecule has 1 fully saturated rings. The normalized spacial score (nSPS) is 15.9. The number of aliphatic hydroxyl groups is 1. The Balaban J connectivity index is 1.29. The molecule has 226 valence electrons. The van der Waals surface area contributed by atoms with Gasteiger partial charge in [0.05, 0.1) is 11.6 Å². The topological polar surface area (TPSA) is 92.6 Å². The molecule has 1 unspecified atom stereocenters. The van der Waals surface area contributed by atoms with Crippen molar-refractivity contribution in [2.75, 3.05) is 4.90 Å². The minimum absolute atomic E-state index is 0.134. The quantitative estimate of drug-likeness (QED) is 0.0562. The van der Waals surface area contributed by atoms with Crippen LogP contribution in [0.25, 0.3) is 5.76 Å². The van der Waals surface area contributed by atoms with Gasteiger partial charge in [0.1, 0.15) is 23.9 Å². The number of hydrogen-bond acceptors (Lipinski definition) is 8. The van der Waals surface area contributed by atoms with E-state index in [1.807, 2.05) is 43.3 Å². The number of carbonyl (C=O) groups is 2. The molecule has 5 aromatic rings. The van der Waals surface area contributed by atoms with Gasteiger partial charge in [-0.1, -0.05) is 83.2 Å². The van der Waals surface area contributed by atoms with Crippen LogP contribution in [0.2, 0.25) is 5.02 Å². The number of anilines is 1. The molecule has 0 spiro atoms. The molecule has 0 aliphatic carbocycles. The van der Waals surface area contributed by atoms with E-state index < -0.39 is 23.5 Å². The third-order valence-corrected chi connectivity index (χ3v) is 9.67. The van der Waals surface area contributed by atoms with Gasteiger partial charge < -0.3 is 9.84 Å². The molecule has 0 bridgehead atoms. The Bertz CT molecular complexity index is 1890. The molecule has 11 heteroatoms. The molecular weight excluding hydrogens is 633 g/mol. The van der Waals surface area contributed by atoms with Crippen LogP contribution in [-0.4, -0.2) is 27.0 Å². The molecule has 1 aromatic heterocycles. The van der Waals surface area contributed by atoms with Crippen LogP contribution >= 0.6 is 34.7 Å². The summed E-state index contributed by atoms with van der Waals surface area (Å²) in [6.45, 7) is 2.38. The minimum Gasteiger partial charge on any atom is -0.507 e. The van der Waals surface area contributed by atoms with Gasteiger partial charge in [-0.25, -0.2) is 4.39 Å². The van der Waals surface area contributed by atoms with E-state index in [0.29, 0.717) is 38.6 Å². The van der Waals surface area contributed by atoms with Crippen LogP contribution in [0, 0.1) is 12.7 Å². The first-order valence-corrected chi connectivity index (χ1v) is 16.0. The van der Waals surface area contributed by atoms with E-state index in [1.54, 1.807) is 36.4 Å². The first-order chi connectivity index (χ1) is 21.8. The summed E-state index contributed by atoms with van der Waals surface area (Å²) in [7, 11) is 0. The van der Waals surface area contributed by atoms with Crippen molar-refractivity contribution in [2.45, 2.75) is 29.7 Å². The molecule has 1 N–H and O–H groups in total. The van der Waals surface area contributed by atoms with Gasteiger partial charge >= 0.3 is 5.91 Å². The smallest absolute Gasteiger partial charge is 0.301 e. The Hall–Kier alpha value is -4.51. The molecule has 2 heterocycles. The minimum atomic E-state index is -1.05. The Labute approximate surface area is 272 Å². The molecule has 1 amide bonds. The van der Waals surface area contributed by atoms with Crippen molar-refractivity contribution in [3.8, 4) is 5.75 Å². The third-order valence-electron chi connectivity index (χ3n) is 7.29. The Morgan fingerprint density at radius 3 is 2.40 bits per heavy atom. The van der Waals surface area contributed by atoms with Crippen molar-refractivity contribution in [2.24, 2.45) is 0 Å². The Morgan fingerprint density at radius 1 is 0.978 bits per heavy atom. The van der Waals surface area contributed by atoms with Crippen molar-refractivity contribution in [3.05, 3.63) is 141 Å². The zero-order valence-electron chi connectivity index (χ0n) is 23.8. The molecule has 4 aromatic carbocycles. The van der Waals surface area contributed by atoms with Crippen molar-refractivity contribution in [3.63, 3.8) is 0 Å². The summed E-state index contributed by atoms with van der Waals surface area (Å²) in [5, 5.41) is 20.7. The highest BCUT2D eigenvalue weighted by molar-refractivity contribution is 8.00. The van der Waals surface area contributed by atoms with Crippen LogP contribution in [0.4, 0.5) is 9.52 Å². The number of aliphatic hydroxyl groups excluding tert-OH is 1. The van der Waals surface area contributed by atoms with Crippen LogP contribution in [-0.2, 0) is 21.9 Å². The summed E-state index contributed by atoms with van der Waals surface area (Å²) in [4.78, 5) is 28.2. The second kappa shape index (κ2) is 13.2. The number of halogens is 2. The van der Waals surface area contributed by atoms with Crippen molar-refractivity contribution in [1.82, 2.24) is 10.2 Å².